The van der Waals surface area contributed by atoms with Crippen LogP contribution in [0.3, 0.4) is 0 Å². The van der Waals surface area contributed by atoms with E-state index in [1.165, 1.54) is 24.1 Å². The summed E-state index contributed by atoms with van der Waals surface area (Å²) in [5.74, 6) is 0.135. The Morgan fingerprint density at radius 1 is 1.32 bits per heavy atom. The number of hydrogen-bond donors (Lipinski definition) is 2. The normalized spacial score (nSPS) is 19.9. The first kappa shape index (κ1) is 14.5. The van der Waals surface area contributed by atoms with E-state index in [2.05, 4.69) is 29.0 Å². The van der Waals surface area contributed by atoms with Crippen LogP contribution >= 0.6 is 11.3 Å². The second-order valence-electron chi connectivity index (χ2n) is 5.47. The minimum absolute atomic E-state index is 0.135. The molecule has 1 amide bonds. The molecule has 1 heterocycles. The Bertz CT molecular complexity index is 385. The first-order valence-corrected chi connectivity index (χ1v) is 8.14. The van der Waals surface area contributed by atoms with Gasteiger partial charge < -0.3 is 5.32 Å². The van der Waals surface area contributed by atoms with E-state index in [9.17, 15) is 4.79 Å². The van der Waals surface area contributed by atoms with E-state index < -0.39 is 0 Å². The molecule has 1 aromatic rings. The van der Waals surface area contributed by atoms with Gasteiger partial charge in [0.05, 0.1) is 6.04 Å². The Kier molecular flexibility index (Phi) is 5.40. The van der Waals surface area contributed by atoms with E-state index in [4.69, 9.17) is 0 Å². The van der Waals surface area contributed by atoms with Crippen LogP contribution in [-0.4, -0.2) is 18.0 Å². The summed E-state index contributed by atoms with van der Waals surface area (Å²) in [7, 11) is 0. The largest absolute Gasteiger partial charge is 0.352 e. The van der Waals surface area contributed by atoms with Gasteiger partial charge in [-0.05, 0) is 38.1 Å². The molecule has 0 saturated heterocycles. The SMILES string of the molecule is CC(N[C@@H](C)c1cccs1)C(=O)NC1CCCCC1. The number of carbonyl (C=O) groups excluding carboxylic acids is 1. The summed E-state index contributed by atoms with van der Waals surface area (Å²) in [4.78, 5) is 13.4. The molecule has 1 aliphatic carbocycles. The van der Waals surface area contributed by atoms with Gasteiger partial charge in [-0.3, -0.25) is 10.1 Å². The lowest BCUT2D eigenvalue weighted by Crippen LogP contribution is -2.47. The molecule has 0 aliphatic heterocycles. The summed E-state index contributed by atoms with van der Waals surface area (Å²) in [5.41, 5.74) is 0. The molecule has 2 atom stereocenters. The molecule has 19 heavy (non-hydrogen) atoms. The summed E-state index contributed by atoms with van der Waals surface area (Å²) in [6.07, 6.45) is 6.09. The highest BCUT2D eigenvalue weighted by atomic mass is 32.1. The first-order chi connectivity index (χ1) is 9.16. The third kappa shape index (κ3) is 4.32. The van der Waals surface area contributed by atoms with Crippen LogP contribution < -0.4 is 10.6 Å². The van der Waals surface area contributed by atoms with Gasteiger partial charge in [0.15, 0.2) is 0 Å². The average Bonchev–Trinajstić information content (AvgIpc) is 2.93. The molecule has 4 heteroatoms. The summed E-state index contributed by atoms with van der Waals surface area (Å²) in [6.45, 7) is 4.05. The zero-order chi connectivity index (χ0) is 13.7. The zero-order valence-corrected chi connectivity index (χ0v) is 12.6. The minimum atomic E-state index is -0.140. The highest BCUT2D eigenvalue weighted by Gasteiger charge is 2.21. The fraction of sp³-hybridized carbons (Fsp3) is 0.667. The summed E-state index contributed by atoms with van der Waals surface area (Å²) in [6, 6.07) is 4.63. The number of carbonyl (C=O) groups is 1. The molecule has 1 aromatic heterocycles. The lowest BCUT2D eigenvalue weighted by atomic mass is 9.95. The molecule has 1 unspecified atom stereocenters. The molecule has 0 spiro atoms. The first-order valence-electron chi connectivity index (χ1n) is 7.26. The molecule has 1 aliphatic rings. The molecule has 2 rings (SSSR count). The van der Waals surface area contributed by atoms with E-state index in [0.717, 1.165) is 12.8 Å². The Morgan fingerprint density at radius 3 is 2.68 bits per heavy atom. The van der Waals surface area contributed by atoms with Crippen molar-refractivity contribution in [3.05, 3.63) is 22.4 Å². The Balaban J connectivity index is 1.78. The van der Waals surface area contributed by atoms with Gasteiger partial charge in [-0.25, -0.2) is 0 Å². The topological polar surface area (TPSA) is 41.1 Å². The molecule has 0 aromatic carbocycles. The van der Waals surface area contributed by atoms with Crippen LogP contribution in [0.1, 0.15) is 56.9 Å². The summed E-state index contributed by atoms with van der Waals surface area (Å²) >= 11 is 1.73. The fourth-order valence-electron chi connectivity index (χ4n) is 2.64. The van der Waals surface area contributed by atoms with Gasteiger partial charge in [0, 0.05) is 17.0 Å². The van der Waals surface area contributed by atoms with Crippen LogP contribution in [0.15, 0.2) is 17.5 Å². The van der Waals surface area contributed by atoms with Gasteiger partial charge in [0.2, 0.25) is 5.91 Å². The number of thiophene rings is 1. The molecule has 106 valence electrons. The number of nitrogens with one attached hydrogen (secondary N) is 2. The molecular weight excluding hydrogens is 256 g/mol. The summed E-state index contributed by atoms with van der Waals surface area (Å²) < 4.78 is 0. The third-order valence-corrected chi connectivity index (χ3v) is 4.87. The smallest absolute Gasteiger partial charge is 0.237 e. The second-order valence-corrected chi connectivity index (χ2v) is 6.45. The standard InChI is InChI=1S/C15H24N2OS/c1-11(14-9-6-10-19-14)16-12(2)15(18)17-13-7-4-3-5-8-13/h6,9-13,16H,3-5,7-8H2,1-2H3,(H,17,18)/t11-,12?/m0/s1. The maximum Gasteiger partial charge on any atom is 0.237 e. The Labute approximate surface area is 119 Å². The van der Waals surface area contributed by atoms with E-state index >= 15 is 0 Å². The fourth-order valence-corrected chi connectivity index (χ4v) is 3.39. The van der Waals surface area contributed by atoms with Gasteiger partial charge in [0.1, 0.15) is 0 Å². The van der Waals surface area contributed by atoms with Crippen molar-refractivity contribution in [2.75, 3.05) is 0 Å². The molecule has 0 bridgehead atoms. The molecule has 0 radical (unpaired) electrons. The average molecular weight is 280 g/mol. The number of rotatable bonds is 5. The monoisotopic (exact) mass is 280 g/mol. The van der Waals surface area contributed by atoms with Crippen LogP contribution in [0.25, 0.3) is 0 Å². The van der Waals surface area contributed by atoms with Gasteiger partial charge >= 0.3 is 0 Å². The van der Waals surface area contributed by atoms with Crippen molar-refractivity contribution < 1.29 is 4.79 Å². The number of hydrogen-bond acceptors (Lipinski definition) is 3. The highest BCUT2D eigenvalue weighted by Crippen LogP contribution is 2.19. The van der Waals surface area contributed by atoms with Crippen molar-refractivity contribution in [3.63, 3.8) is 0 Å². The quantitative estimate of drug-likeness (QED) is 0.869. The third-order valence-electron chi connectivity index (χ3n) is 3.81. The minimum Gasteiger partial charge on any atom is -0.352 e. The van der Waals surface area contributed by atoms with Crippen molar-refractivity contribution in [2.45, 2.75) is 64.1 Å². The van der Waals surface area contributed by atoms with Crippen molar-refractivity contribution in [2.24, 2.45) is 0 Å². The molecule has 3 nitrogen and oxygen atoms in total. The molecule has 2 N–H and O–H groups in total. The van der Waals surface area contributed by atoms with E-state index in [-0.39, 0.29) is 18.0 Å². The van der Waals surface area contributed by atoms with Crippen LogP contribution in [0.2, 0.25) is 0 Å². The van der Waals surface area contributed by atoms with Crippen molar-refractivity contribution in [1.29, 1.82) is 0 Å². The maximum absolute atomic E-state index is 12.1. The number of amides is 1. The van der Waals surface area contributed by atoms with Crippen LogP contribution in [0.4, 0.5) is 0 Å². The van der Waals surface area contributed by atoms with Gasteiger partial charge in [-0.2, -0.15) is 0 Å². The Morgan fingerprint density at radius 2 is 2.05 bits per heavy atom. The van der Waals surface area contributed by atoms with E-state index in [1.54, 1.807) is 11.3 Å². The summed E-state index contributed by atoms with van der Waals surface area (Å²) in [5, 5.41) is 8.61. The van der Waals surface area contributed by atoms with Gasteiger partial charge in [0.25, 0.3) is 0 Å². The predicted molar refractivity (Wildman–Crippen MR) is 80.3 cm³/mol. The maximum atomic E-state index is 12.1. The van der Waals surface area contributed by atoms with Crippen molar-refractivity contribution >= 4 is 17.2 Å². The predicted octanol–water partition coefficient (Wildman–Crippen LogP) is 3.24. The lowest BCUT2D eigenvalue weighted by Gasteiger charge is -2.25. The van der Waals surface area contributed by atoms with Crippen LogP contribution in [0.5, 0.6) is 0 Å². The highest BCUT2D eigenvalue weighted by molar-refractivity contribution is 7.10. The zero-order valence-electron chi connectivity index (χ0n) is 11.8. The van der Waals surface area contributed by atoms with Crippen molar-refractivity contribution in [3.8, 4) is 0 Å². The Hall–Kier alpha value is -0.870. The van der Waals surface area contributed by atoms with E-state index in [0.29, 0.717) is 6.04 Å². The van der Waals surface area contributed by atoms with Gasteiger partial charge in [-0.15, -0.1) is 11.3 Å². The van der Waals surface area contributed by atoms with Gasteiger partial charge in [-0.1, -0.05) is 25.3 Å². The lowest BCUT2D eigenvalue weighted by molar-refractivity contribution is -0.123. The molecular formula is C15H24N2OS. The second kappa shape index (κ2) is 7.06. The van der Waals surface area contributed by atoms with Crippen LogP contribution in [0, 0.1) is 0 Å². The van der Waals surface area contributed by atoms with Crippen LogP contribution in [-0.2, 0) is 4.79 Å². The molecule has 1 saturated carbocycles. The molecule has 1 fully saturated rings. The van der Waals surface area contributed by atoms with E-state index in [1.807, 2.05) is 13.0 Å². The van der Waals surface area contributed by atoms with Crippen molar-refractivity contribution in [1.82, 2.24) is 10.6 Å².